The van der Waals surface area contributed by atoms with Gasteiger partial charge in [0.05, 0.1) is 6.04 Å². The number of hydrogen-bond acceptors (Lipinski definition) is 5. The minimum Gasteiger partial charge on any atom is -0.480 e. The van der Waals surface area contributed by atoms with E-state index < -0.39 is 47.9 Å². The number of carbonyl (C=O) groups is 4. The lowest BCUT2D eigenvalue weighted by Gasteiger charge is -2.28. The van der Waals surface area contributed by atoms with E-state index in [1.54, 1.807) is 0 Å². The second-order valence-electron chi connectivity index (χ2n) is 8.93. The Hall–Kier alpha value is -2.94. The van der Waals surface area contributed by atoms with Crippen molar-refractivity contribution in [3.05, 3.63) is 35.9 Å². The number of rotatable bonds is 13. The largest absolute Gasteiger partial charge is 0.480 e. The number of carboxylic acids is 1. The molecule has 0 aliphatic rings. The van der Waals surface area contributed by atoms with Crippen LogP contribution in [0.5, 0.6) is 0 Å². The third kappa shape index (κ3) is 9.61. The van der Waals surface area contributed by atoms with Gasteiger partial charge in [0.15, 0.2) is 0 Å². The van der Waals surface area contributed by atoms with E-state index in [9.17, 15) is 19.2 Å². The van der Waals surface area contributed by atoms with E-state index in [-0.39, 0.29) is 11.8 Å². The van der Waals surface area contributed by atoms with Crippen LogP contribution in [-0.4, -0.2) is 53.0 Å². The summed E-state index contributed by atoms with van der Waals surface area (Å²) >= 11 is 0. The zero-order chi connectivity index (χ0) is 25.1. The van der Waals surface area contributed by atoms with E-state index in [1.807, 2.05) is 58.0 Å². The predicted octanol–water partition coefficient (Wildman–Crippen LogP) is 1.21. The fourth-order valence-electron chi connectivity index (χ4n) is 3.26. The lowest BCUT2D eigenvalue weighted by molar-refractivity contribution is -0.142. The van der Waals surface area contributed by atoms with Gasteiger partial charge in [-0.25, -0.2) is 0 Å². The van der Waals surface area contributed by atoms with E-state index in [0.717, 1.165) is 5.56 Å². The molecule has 1 rings (SSSR count). The van der Waals surface area contributed by atoms with Crippen LogP contribution in [0.15, 0.2) is 30.3 Å². The predicted molar refractivity (Wildman–Crippen MR) is 126 cm³/mol. The summed E-state index contributed by atoms with van der Waals surface area (Å²) in [4.78, 5) is 49.6. The van der Waals surface area contributed by atoms with Crippen molar-refractivity contribution in [2.24, 2.45) is 17.6 Å². The summed E-state index contributed by atoms with van der Waals surface area (Å²) in [6, 6.07) is 5.60. The number of aliphatic carboxylic acids is 1. The molecule has 0 spiro atoms. The van der Waals surface area contributed by atoms with Crippen LogP contribution in [0.4, 0.5) is 0 Å². The van der Waals surface area contributed by atoms with Crippen molar-refractivity contribution in [3.63, 3.8) is 0 Å². The molecule has 0 unspecified atom stereocenters. The molecule has 0 bridgehead atoms. The normalized spacial score (nSPS) is 15.6. The summed E-state index contributed by atoms with van der Waals surface area (Å²) in [5.74, 6) is -2.86. The molecule has 5 atom stereocenters. The second kappa shape index (κ2) is 13.6. The first kappa shape index (κ1) is 28.1. The van der Waals surface area contributed by atoms with Gasteiger partial charge < -0.3 is 26.8 Å². The van der Waals surface area contributed by atoms with Gasteiger partial charge in [-0.05, 0) is 37.2 Å². The first-order chi connectivity index (χ1) is 15.5. The van der Waals surface area contributed by atoms with Crippen LogP contribution >= 0.6 is 0 Å². The number of benzene rings is 1. The van der Waals surface area contributed by atoms with Gasteiger partial charge in [-0.2, -0.15) is 0 Å². The van der Waals surface area contributed by atoms with Crippen LogP contribution < -0.4 is 21.7 Å². The van der Waals surface area contributed by atoms with Crippen LogP contribution in [0.3, 0.4) is 0 Å². The highest BCUT2D eigenvalue weighted by Crippen LogP contribution is 2.12. The molecule has 0 radical (unpaired) electrons. The van der Waals surface area contributed by atoms with Crippen LogP contribution in [0.1, 0.15) is 53.0 Å². The summed E-state index contributed by atoms with van der Waals surface area (Å²) in [5, 5.41) is 16.9. The molecule has 1 aromatic rings. The molecule has 0 heterocycles. The number of carbonyl (C=O) groups excluding carboxylic acids is 3. The van der Waals surface area contributed by atoms with Crippen LogP contribution in [-0.2, 0) is 25.6 Å². The van der Waals surface area contributed by atoms with E-state index in [0.29, 0.717) is 19.3 Å². The fourth-order valence-corrected chi connectivity index (χ4v) is 3.26. The van der Waals surface area contributed by atoms with Gasteiger partial charge in [0.2, 0.25) is 17.7 Å². The number of carboxylic acid groups (broad SMARTS) is 1. The lowest BCUT2D eigenvalue weighted by atomic mass is 9.96. The molecule has 0 saturated carbocycles. The maximum Gasteiger partial charge on any atom is 0.325 e. The molecule has 9 nitrogen and oxygen atoms in total. The lowest BCUT2D eigenvalue weighted by Crippen LogP contribution is -2.58. The van der Waals surface area contributed by atoms with Crippen molar-refractivity contribution < 1.29 is 24.3 Å². The zero-order valence-corrected chi connectivity index (χ0v) is 20.1. The van der Waals surface area contributed by atoms with Gasteiger partial charge in [-0.1, -0.05) is 64.4 Å². The number of hydrogen-bond donors (Lipinski definition) is 5. The Balaban J connectivity index is 2.92. The Kier molecular flexibility index (Phi) is 11.6. The van der Waals surface area contributed by atoms with Gasteiger partial charge in [-0.15, -0.1) is 0 Å². The van der Waals surface area contributed by atoms with Crippen molar-refractivity contribution in [3.8, 4) is 0 Å². The molecule has 9 heteroatoms. The molecule has 0 fully saturated rings. The van der Waals surface area contributed by atoms with Crippen molar-refractivity contribution in [2.75, 3.05) is 0 Å². The maximum absolute atomic E-state index is 13.1. The quantitative estimate of drug-likeness (QED) is 0.297. The Bertz CT molecular complexity index is 799. The zero-order valence-electron chi connectivity index (χ0n) is 20.1. The van der Waals surface area contributed by atoms with Crippen molar-refractivity contribution in [1.82, 2.24) is 16.0 Å². The van der Waals surface area contributed by atoms with Gasteiger partial charge in [0, 0.05) is 0 Å². The molecule has 6 N–H and O–H groups in total. The van der Waals surface area contributed by atoms with Crippen molar-refractivity contribution in [2.45, 2.75) is 78.0 Å². The average molecular weight is 463 g/mol. The molecule has 184 valence electrons. The molecule has 0 aromatic heterocycles. The summed E-state index contributed by atoms with van der Waals surface area (Å²) in [5.41, 5.74) is 6.98. The number of nitrogens with two attached hydrogens (primary N) is 1. The minimum atomic E-state index is -1.17. The van der Waals surface area contributed by atoms with Crippen LogP contribution in [0, 0.1) is 11.8 Å². The second-order valence-corrected chi connectivity index (χ2v) is 8.93. The molecule has 1 aromatic carbocycles. The highest BCUT2D eigenvalue weighted by atomic mass is 16.4. The highest BCUT2D eigenvalue weighted by molar-refractivity contribution is 5.94. The van der Waals surface area contributed by atoms with Gasteiger partial charge in [-0.3, -0.25) is 19.2 Å². The van der Waals surface area contributed by atoms with E-state index in [2.05, 4.69) is 16.0 Å². The monoisotopic (exact) mass is 462 g/mol. The summed E-state index contributed by atoms with van der Waals surface area (Å²) in [6.07, 6.45) is 1.26. The van der Waals surface area contributed by atoms with Gasteiger partial charge in [0.1, 0.15) is 18.1 Å². The maximum atomic E-state index is 13.1. The summed E-state index contributed by atoms with van der Waals surface area (Å²) in [6.45, 7) is 8.86. The minimum absolute atomic E-state index is 0.0668. The van der Waals surface area contributed by atoms with Gasteiger partial charge >= 0.3 is 5.97 Å². The van der Waals surface area contributed by atoms with Crippen LogP contribution in [0.25, 0.3) is 0 Å². The topological polar surface area (TPSA) is 151 Å². The van der Waals surface area contributed by atoms with E-state index >= 15 is 0 Å². The first-order valence-corrected chi connectivity index (χ1v) is 11.4. The molecule has 0 saturated heterocycles. The Morgan fingerprint density at radius 2 is 1.52 bits per heavy atom. The number of amides is 3. The smallest absolute Gasteiger partial charge is 0.325 e. The molecule has 3 amide bonds. The Morgan fingerprint density at radius 1 is 0.909 bits per heavy atom. The summed E-state index contributed by atoms with van der Waals surface area (Å²) in [7, 11) is 0. The third-order valence-electron chi connectivity index (χ3n) is 5.50. The van der Waals surface area contributed by atoms with Crippen molar-refractivity contribution in [1.29, 1.82) is 0 Å². The van der Waals surface area contributed by atoms with Gasteiger partial charge in [0.25, 0.3) is 0 Å². The SMILES string of the molecule is CC[C@H](C)[C@H](NC(=O)[C@@H](N)Cc1ccccc1)C(=O)N[C@@H](CC(C)C)C(=O)N[C@@H](C)C(=O)O. The molecule has 0 aliphatic carbocycles. The number of nitrogens with one attached hydrogen (secondary N) is 3. The molecular formula is C24H38N4O5. The van der Waals surface area contributed by atoms with E-state index in [1.165, 1.54) is 6.92 Å². The summed E-state index contributed by atoms with van der Waals surface area (Å²) < 4.78 is 0. The third-order valence-corrected chi connectivity index (χ3v) is 5.50. The average Bonchev–Trinajstić information content (AvgIpc) is 2.76. The van der Waals surface area contributed by atoms with E-state index in [4.69, 9.17) is 10.8 Å². The molecule has 33 heavy (non-hydrogen) atoms. The fraction of sp³-hybridized carbons (Fsp3) is 0.583. The van der Waals surface area contributed by atoms with Crippen molar-refractivity contribution >= 4 is 23.7 Å². The Labute approximate surface area is 195 Å². The molecular weight excluding hydrogens is 424 g/mol. The standard InChI is InChI=1S/C24H38N4O5/c1-6-15(4)20(28-21(29)18(25)13-17-10-8-7-9-11-17)23(31)27-19(12-14(2)3)22(30)26-16(5)24(32)33/h7-11,14-16,18-20H,6,12-13,25H2,1-5H3,(H,26,30)(H,27,31)(H,28,29)(H,32,33)/t15-,16-,18-,19-,20-/m0/s1. The highest BCUT2D eigenvalue weighted by Gasteiger charge is 2.32. The first-order valence-electron chi connectivity index (χ1n) is 11.4. The Morgan fingerprint density at radius 3 is 2.03 bits per heavy atom. The van der Waals surface area contributed by atoms with Crippen LogP contribution in [0.2, 0.25) is 0 Å². The molecule has 0 aliphatic heterocycles.